The van der Waals surface area contributed by atoms with E-state index in [0.29, 0.717) is 12.4 Å². The number of hydrogen-bond acceptors (Lipinski definition) is 3. The van der Waals surface area contributed by atoms with Gasteiger partial charge in [0.15, 0.2) is 0 Å². The summed E-state index contributed by atoms with van der Waals surface area (Å²) in [4.78, 5) is 4.58. The molecule has 20 heavy (non-hydrogen) atoms. The van der Waals surface area contributed by atoms with E-state index in [2.05, 4.69) is 30.6 Å². The standard InChI is InChI=1S/C14H13BrClN3O/c1-8-11(9(2)20-18-8)7-19-13-4-3-10(15)5-12(13)17-14(19)6-16/h3-5H,6-7H2,1-2H3. The second-order valence-electron chi connectivity index (χ2n) is 4.68. The van der Waals surface area contributed by atoms with Crippen LogP contribution in [-0.4, -0.2) is 14.7 Å². The first-order valence-corrected chi connectivity index (χ1v) is 7.55. The van der Waals surface area contributed by atoms with E-state index in [4.69, 9.17) is 16.1 Å². The average Bonchev–Trinajstić information content (AvgIpc) is 2.93. The van der Waals surface area contributed by atoms with E-state index in [1.165, 1.54) is 0 Å². The van der Waals surface area contributed by atoms with Crippen LogP contribution in [0.3, 0.4) is 0 Å². The van der Waals surface area contributed by atoms with E-state index in [1.807, 2.05) is 32.0 Å². The molecule has 0 fully saturated rings. The fraction of sp³-hybridized carbons (Fsp3) is 0.286. The minimum Gasteiger partial charge on any atom is -0.361 e. The Kier molecular flexibility index (Phi) is 3.56. The van der Waals surface area contributed by atoms with Gasteiger partial charge in [-0.1, -0.05) is 21.1 Å². The Morgan fingerprint density at radius 2 is 2.15 bits per heavy atom. The zero-order valence-electron chi connectivity index (χ0n) is 11.2. The third-order valence-electron chi connectivity index (χ3n) is 3.41. The molecular weight excluding hydrogens is 342 g/mol. The number of alkyl halides is 1. The number of rotatable bonds is 3. The van der Waals surface area contributed by atoms with Gasteiger partial charge in [0.25, 0.3) is 0 Å². The van der Waals surface area contributed by atoms with Gasteiger partial charge in [-0.25, -0.2) is 4.98 Å². The van der Waals surface area contributed by atoms with Crippen LogP contribution in [0.4, 0.5) is 0 Å². The SMILES string of the molecule is Cc1noc(C)c1Cn1c(CCl)nc2cc(Br)ccc21. The van der Waals surface area contributed by atoms with Gasteiger partial charge in [0.2, 0.25) is 0 Å². The zero-order chi connectivity index (χ0) is 14.3. The molecule has 3 aromatic rings. The van der Waals surface area contributed by atoms with Crippen LogP contribution in [0.25, 0.3) is 11.0 Å². The van der Waals surface area contributed by atoms with E-state index >= 15 is 0 Å². The number of nitrogens with zero attached hydrogens (tertiary/aromatic N) is 3. The predicted octanol–water partition coefficient (Wildman–Crippen LogP) is 4.19. The predicted molar refractivity (Wildman–Crippen MR) is 82.1 cm³/mol. The minimum atomic E-state index is 0.371. The third-order valence-corrected chi connectivity index (χ3v) is 4.14. The fourth-order valence-electron chi connectivity index (χ4n) is 2.32. The maximum Gasteiger partial charge on any atom is 0.138 e. The summed E-state index contributed by atoms with van der Waals surface area (Å²) >= 11 is 9.49. The fourth-order valence-corrected chi connectivity index (χ4v) is 2.87. The summed E-state index contributed by atoms with van der Waals surface area (Å²) in [6, 6.07) is 6.04. The maximum atomic E-state index is 6.03. The molecule has 0 aliphatic rings. The first-order chi connectivity index (χ1) is 9.60. The normalized spacial score (nSPS) is 11.4. The van der Waals surface area contributed by atoms with Gasteiger partial charge in [-0.3, -0.25) is 0 Å². The van der Waals surface area contributed by atoms with E-state index in [-0.39, 0.29) is 0 Å². The number of aromatic nitrogens is 3. The molecule has 0 radical (unpaired) electrons. The highest BCUT2D eigenvalue weighted by Gasteiger charge is 2.15. The first kappa shape index (κ1) is 13.6. The van der Waals surface area contributed by atoms with Crippen LogP contribution in [0.1, 0.15) is 22.8 Å². The molecule has 0 bridgehead atoms. The average molecular weight is 355 g/mol. The van der Waals surface area contributed by atoms with Crippen LogP contribution in [0.2, 0.25) is 0 Å². The van der Waals surface area contributed by atoms with Crippen molar-refractivity contribution in [3.8, 4) is 0 Å². The second-order valence-corrected chi connectivity index (χ2v) is 5.87. The molecule has 0 aliphatic heterocycles. The highest BCUT2D eigenvalue weighted by Crippen LogP contribution is 2.24. The molecular formula is C14H13BrClN3O. The van der Waals surface area contributed by atoms with Gasteiger partial charge < -0.3 is 9.09 Å². The number of aryl methyl sites for hydroxylation is 2. The maximum absolute atomic E-state index is 6.03. The number of hydrogen-bond donors (Lipinski definition) is 0. The van der Waals surface area contributed by atoms with Gasteiger partial charge in [0.05, 0.1) is 29.2 Å². The van der Waals surface area contributed by atoms with Crippen molar-refractivity contribution in [2.45, 2.75) is 26.3 Å². The van der Waals surface area contributed by atoms with Crippen molar-refractivity contribution < 1.29 is 4.52 Å². The Bertz CT molecular complexity index is 759. The van der Waals surface area contributed by atoms with E-state index in [0.717, 1.165) is 38.3 Å². The molecule has 2 aromatic heterocycles. The van der Waals surface area contributed by atoms with Crippen LogP contribution < -0.4 is 0 Å². The highest BCUT2D eigenvalue weighted by molar-refractivity contribution is 9.10. The van der Waals surface area contributed by atoms with Crippen LogP contribution in [0.5, 0.6) is 0 Å². The van der Waals surface area contributed by atoms with Crippen molar-refractivity contribution in [2.24, 2.45) is 0 Å². The molecule has 0 amide bonds. The molecule has 0 saturated heterocycles. The van der Waals surface area contributed by atoms with Gasteiger partial charge in [-0.15, -0.1) is 11.6 Å². The number of halogens is 2. The minimum absolute atomic E-state index is 0.371. The Hall–Kier alpha value is -1.33. The van der Waals surface area contributed by atoms with Crippen molar-refractivity contribution in [1.29, 1.82) is 0 Å². The number of benzene rings is 1. The summed E-state index contributed by atoms with van der Waals surface area (Å²) in [5.74, 6) is 2.05. The van der Waals surface area contributed by atoms with Crippen molar-refractivity contribution in [2.75, 3.05) is 0 Å². The lowest BCUT2D eigenvalue weighted by Crippen LogP contribution is -2.05. The van der Waals surface area contributed by atoms with Crippen LogP contribution in [0, 0.1) is 13.8 Å². The summed E-state index contributed by atoms with van der Waals surface area (Å²) in [5.41, 5.74) is 3.98. The molecule has 0 atom stereocenters. The van der Waals surface area contributed by atoms with Gasteiger partial charge in [-0.05, 0) is 32.0 Å². The van der Waals surface area contributed by atoms with Gasteiger partial charge in [-0.2, -0.15) is 0 Å². The number of fused-ring (bicyclic) bond motifs is 1. The molecule has 1 aromatic carbocycles. The molecule has 104 valence electrons. The molecule has 0 N–H and O–H groups in total. The lowest BCUT2D eigenvalue weighted by atomic mass is 10.2. The Morgan fingerprint density at radius 3 is 2.80 bits per heavy atom. The topological polar surface area (TPSA) is 43.9 Å². The first-order valence-electron chi connectivity index (χ1n) is 6.22. The summed E-state index contributed by atoms with van der Waals surface area (Å²) in [6.07, 6.45) is 0. The second kappa shape index (κ2) is 5.22. The van der Waals surface area contributed by atoms with E-state index in [1.54, 1.807) is 0 Å². The smallest absolute Gasteiger partial charge is 0.138 e. The van der Waals surface area contributed by atoms with Crippen LogP contribution >= 0.6 is 27.5 Å². The third kappa shape index (κ3) is 2.25. The van der Waals surface area contributed by atoms with Crippen molar-refractivity contribution in [3.05, 3.63) is 45.5 Å². The molecule has 2 heterocycles. The molecule has 0 spiro atoms. The van der Waals surface area contributed by atoms with Gasteiger partial charge in [0.1, 0.15) is 11.6 Å². The molecule has 6 heteroatoms. The monoisotopic (exact) mass is 353 g/mol. The lowest BCUT2D eigenvalue weighted by Gasteiger charge is -2.07. The van der Waals surface area contributed by atoms with Crippen LogP contribution in [0.15, 0.2) is 27.2 Å². The van der Waals surface area contributed by atoms with Crippen molar-refractivity contribution in [3.63, 3.8) is 0 Å². The molecule has 0 aliphatic carbocycles. The molecule has 0 saturated carbocycles. The Morgan fingerprint density at radius 1 is 1.35 bits per heavy atom. The Balaban J connectivity index is 2.15. The van der Waals surface area contributed by atoms with Crippen molar-refractivity contribution in [1.82, 2.24) is 14.7 Å². The summed E-state index contributed by atoms with van der Waals surface area (Å²) in [7, 11) is 0. The van der Waals surface area contributed by atoms with Crippen molar-refractivity contribution >= 4 is 38.6 Å². The Labute approximate surface area is 129 Å². The molecule has 4 nitrogen and oxygen atoms in total. The zero-order valence-corrected chi connectivity index (χ0v) is 13.5. The largest absolute Gasteiger partial charge is 0.361 e. The summed E-state index contributed by atoms with van der Waals surface area (Å²) < 4.78 is 8.34. The van der Waals surface area contributed by atoms with Gasteiger partial charge in [0, 0.05) is 10.0 Å². The molecule has 0 unspecified atom stereocenters. The van der Waals surface area contributed by atoms with Crippen LogP contribution in [-0.2, 0) is 12.4 Å². The van der Waals surface area contributed by atoms with E-state index in [9.17, 15) is 0 Å². The van der Waals surface area contributed by atoms with E-state index < -0.39 is 0 Å². The summed E-state index contributed by atoms with van der Waals surface area (Å²) in [5, 5.41) is 4.00. The highest BCUT2D eigenvalue weighted by atomic mass is 79.9. The summed E-state index contributed by atoms with van der Waals surface area (Å²) in [6.45, 7) is 4.54. The quantitative estimate of drug-likeness (QED) is 0.662. The van der Waals surface area contributed by atoms with Gasteiger partial charge >= 0.3 is 0 Å². The number of imidazole rings is 1. The molecule has 3 rings (SSSR count). The lowest BCUT2D eigenvalue weighted by molar-refractivity contribution is 0.392.